The molecule has 174 valence electrons. The number of ether oxygens (including phenoxy) is 3. The Morgan fingerprint density at radius 1 is 0.970 bits per heavy atom. The number of hydrogen-bond donors (Lipinski definition) is 0. The lowest BCUT2D eigenvalue weighted by atomic mass is 9.73. The Bertz CT molecular complexity index is 1000. The summed E-state index contributed by atoms with van der Waals surface area (Å²) in [6, 6.07) is 17.5. The minimum atomic E-state index is -0.611. The molecule has 0 aliphatic carbocycles. The summed E-state index contributed by atoms with van der Waals surface area (Å²) in [6.45, 7) is 2.72. The Morgan fingerprint density at radius 2 is 1.70 bits per heavy atom. The van der Waals surface area contributed by atoms with Crippen LogP contribution in [0.15, 0.2) is 54.6 Å². The van der Waals surface area contributed by atoms with Crippen molar-refractivity contribution in [3.8, 4) is 5.75 Å². The molecule has 0 N–H and O–H groups in total. The number of hydrogen-bond acceptors (Lipinski definition) is 5. The standard InChI is InChI=1S/C26H30N2O5/c1-31-22-9-7-20(8-10-22)26(12-15-32-16-13-26)24(30)27-14-11-25(18-27)19-28(23(29)17-33-25)21-5-3-2-4-6-21/h2-10H,11-19H2,1H3. The van der Waals surface area contributed by atoms with Crippen LogP contribution in [0, 0.1) is 0 Å². The van der Waals surface area contributed by atoms with Gasteiger partial charge in [-0.2, -0.15) is 0 Å². The molecule has 2 aromatic carbocycles. The molecule has 1 atom stereocenters. The molecule has 0 saturated carbocycles. The van der Waals surface area contributed by atoms with Crippen molar-refractivity contribution in [2.24, 2.45) is 0 Å². The minimum Gasteiger partial charge on any atom is -0.497 e. The normalized spacial score (nSPS) is 24.8. The summed E-state index contributed by atoms with van der Waals surface area (Å²) < 4.78 is 17.0. The highest BCUT2D eigenvalue weighted by molar-refractivity contribution is 5.95. The van der Waals surface area contributed by atoms with E-state index in [0.717, 1.165) is 17.0 Å². The number of rotatable bonds is 4. The average molecular weight is 451 g/mol. The molecule has 1 unspecified atom stereocenters. The Labute approximate surface area is 194 Å². The van der Waals surface area contributed by atoms with Gasteiger partial charge in [-0.05, 0) is 49.1 Å². The van der Waals surface area contributed by atoms with Gasteiger partial charge in [0.25, 0.3) is 5.91 Å². The maximum Gasteiger partial charge on any atom is 0.253 e. The first-order valence-corrected chi connectivity index (χ1v) is 11.6. The maximum absolute atomic E-state index is 14.0. The number of methoxy groups -OCH3 is 1. The first-order valence-electron chi connectivity index (χ1n) is 11.6. The molecule has 2 amide bonds. The van der Waals surface area contributed by atoms with Gasteiger partial charge < -0.3 is 24.0 Å². The van der Waals surface area contributed by atoms with Crippen LogP contribution in [0.4, 0.5) is 5.69 Å². The van der Waals surface area contributed by atoms with Gasteiger partial charge in [0.05, 0.1) is 25.6 Å². The van der Waals surface area contributed by atoms with Crippen LogP contribution in [0.2, 0.25) is 0 Å². The molecule has 7 nitrogen and oxygen atoms in total. The van der Waals surface area contributed by atoms with Gasteiger partial charge in [0, 0.05) is 25.4 Å². The SMILES string of the molecule is COc1ccc(C2(C(=O)N3CCC4(C3)CN(c3ccccc3)C(=O)CO4)CCOCC2)cc1. The van der Waals surface area contributed by atoms with Crippen LogP contribution in [-0.2, 0) is 24.5 Å². The highest BCUT2D eigenvalue weighted by Crippen LogP contribution is 2.40. The van der Waals surface area contributed by atoms with Crippen molar-refractivity contribution in [2.45, 2.75) is 30.3 Å². The molecule has 3 aliphatic rings. The van der Waals surface area contributed by atoms with Crippen molar-refractivity contribution in [1.29, 1.82) is 0 Å². The number of benzene rings is 2. The lowest BCUT2D eigenvalue weighted by Gasteiger charge is -2.42. The Hall–Kier alpha value is -2.90. The number of anilines is 1. The number of nitrogens with zero attached hydrogens (tertiary/aromatic N) is 2. The molecule has 0 aromatic heterocycles. The van der Waals surface area contributed by atoms with E-state index in [-0.39, 0.29) is 18.4 Å². The number of amides is 2. The molecule has 33 heavy (non-hydrogen) atoms. The van der Waals surface area contributed by atoms with Crippen molar-refractivity contribution < 1.29 is 23.8 Å². The quantitative estimate of drug-likeness (QED) is 0.717. The third kappa shape index (κ3) is 4.00. The number of para-hydroxylation sites is 1. The third-order valence-corrected chi connectivity index (χ3v) is 7.32. The predicted octanol–water partition coefficient (Wildman–Crippen LogP) is 2.78. The molecule has 3 aliphatic heterocycles. The Balaban J connectivity index is 1.38. The summed E-state index contributed by atoms with van der Waals surface area (Å²) in [6.07, 6.45) is 2.01. The molecule has 0 radical (unpaired) electrons. The highest BCUT2D eigenvalue weighted by atomic mass is 16.5. The molecule has 3 saturated heterocycles. The fraction of sp³-hybridized carbons (Fsp3) is 0.462. The molecule has 7 heteroatoms. The van der Waals surface area contributed by atoms with E-state index in [2.05, 4.69) is 0 Å². The lowest BCUT2D eigenvalue weighted by molar-refractivity contribution is -0.144. The van der Waals surface area contributed by atoms with Gasteiger partial charge in [-0.1, -0.05) is 30.3 Å². The zero-order chi connectivity index (χ0) is 22.9. The van der Waals surface area contributed by atoms with E-state index < -0.39 is 11.0 Å². The van der Waals surface area contributed by atoms with Crippen LogP contribution in [0.25, 0.3) is 0 Å². The van der Waals surface area contributed by atoms with Crippen LogP contribution >= 0.6 is 0 Å². The van der Waals surface area contributed by atoms with E-state index in [1.54, 1.807) is 12.0 Å². The molecular weight excluding hydrogens is 420 g/mol. The summed E-state index contributed by atoms with van der Waals surface area (Å²) >= 11 is 0. The molecule has 3 fully saturated rings. The number of carbonyl (C=O) groups is 2. The smallest absolute Gasteiger partial charge is 0.253 e. The second kappa shape index (κ2) is 8.80. The van der Waals surface area contributed by atoms with E-state index in [0.29, 0.717) is 52.1 Å². The van der Waals surface area contributed by atoms with Crippen LogP contribution in [-0.4, -0.2) is 68.9 Å². The van der Waals surface area contributed by atoms with E-state index >= 15 is 0 Å². The Morgan fingerprint density at radius 3 is 2.39 bits per heavy atom. The molecule has 1 spiro atoms. The fourth-order valence-electron chi connectivity index (χ4n) is 5.38. The van der Waals surface area contributed by atoms with Crippen molar-refractivity contribution >= 4 is 17.5 Å². The number of likely N-dealkylation sites (tertiary alicyclic amines) is 1. The van der Waals surface area contributed by atoms with Gasteiger partial charge in [0.2, 0.25) is 5.91 Å². The first kappa shape index (κ1) is 21.9. The van der Waals surface area contributed by atoms with E-state index in [1.165, 1.54) is 0 Å². The summed E-state index contributed by atoms with van der Waals surface area (Å²) in [7, 11) is 1.64. The van der Waals surface area contributed by atoms with Gasteiger partial charge in [-0.25, -0.2) is 0 Å². The van der Waals surface area contributed by atoms with E-state index in [9.17, 15) is 9.59 Å². The van der Waals surface area contributed by atoms with E-state index in [4.69, 9.17) is 14.2 Å². The Kier molecular flexibility index (Phi) is 5.85. The van der Waals surface area contributed by atoms with Gasteiger partial charge in [-0.15, -0.1) is 0 Å². The molecular formula is C26H30N2O5. The molecule has 5 rings (SSSR count). The van der Waals surface area contributed by atoms with Crippen LogP contribution in [0.5, 0.6) is 5.75 Å². The lowest BCUT2D eigenvalue weighted by Crippen LogP contribution is -2.57. The molecule has 3 heterocycles. The average Bonchev–Trinajstić information content (AvgIpc) is 3.29. The predicted molar refractivity (Wildman–Crippen MR) is 123 cm³/mol. The monoisotopic (exact) mass is 450 g/mol. The zero-order valence-corrected chi connectivity index (χ0v) is 19.0. The zero-order valence-electron chi connectivity index (χ0n) is 19.0. The summed E-state index contributed by atoms with van der Waals surface area (Å²) in [5.74, 6) is 0.852. The fourth-order valence-corrected chi connectivity index (χ4v) is 5.38. The van der Waals surface area contributed by atoms with Gasteiger partial charge >= 0.3 is 0 Å². The number of morpholine rings is 1. The van der Waals surface area contributed by atoms with Gasteiger partial charge in [0.1, 0.15) is 18.0 Å². The largest absolute Gasteiger partial charge is 0.497 e. The van der Waals surface area contributed by atoms with Gasteiger partial charge in [0.15, 0.2) is 0 Å². The number of carbonyl (C=O) groups excluding carboxylic acids is 2. The van der Waals surface area contributed by atoms with Crippen LogP contribution in [0.3, 0.4) is 0 Å². The topological polar surface area (TPSA) is 68.3 Å². The first-order chi connectivity index (χ1) is 16.1. The third-order valence-electron chi connectivity index (χ3n) is 7.32. The van der Waals surface area contributed by atoms with Gasteiger partial charge in [-0.3, -0.25) is 9.59 Å². The second-order valence-corrected chi connectivity index (χ2v) is 9.19. The molecule has 2 aromatic rings. The summed E-state index contributed by atoms with van der Waals surface area (Å²) in [5.41, 5.74) is 0.725. The highest BCUT2D eigenvalue weighted by Gasteiger charge is 2.51. The summed E-state index contributed by atoms with van der Waals surface area (Å²) in [5, 5.41) is 0. The van der Waals surface area contributed by atoms with Crippen LogP contribution < -0.4 is 9.64 Å². The maximum atomic E-state index is 14.0. The molecule has 0 bridgehead atoms. The van der Waals surface area contributed by atoms with Crippen molar-refractivity contribution in [3.63, 3.8) is 0 Å². The van der Waals surface area contributed by atoms with Crippen molar-refractivity contribution in [2.75, 3.05) is 51.5 Å². The minimum absolute atomic E-state index is 0.0361. The van der Waals surface area contributed by atoms with Crippen LogP contribution in [0.1, 0.15) is 24.8 Å². The van der Waals surface area contributed by atoms with E-state index in [1.807, 2.05) is 59.5 Å². The van der Waals surface area contributed by atoms with Crippen molar-refractivity contribution in [1.82, 2.24) is 4.90 Å². The van der Waals surface area contributed by atoms with Crippen molar-refractivity contribution in [3.05, 3.63) is 60.2 Å². The second-order valence-electron chi connectivity index (χ2n) is 9.19. The summed E-state index contributed by atoms with van der Waals surface area (Å²) in [4.78, 5) is 30.3.